The van der Waals surface area contributed by atoms with Crippen LogP contribution in [-0.4, -0.2) is 5.78 Å². The molecule has 2 aliphatic rings. The first-order valence-corrected chi connectivity index (χ1v) is 3.39. The molecule has 0 spiro atoms. The molecule has 2 aliphatic carbocycles. The summed E-state index contributed by atoms with van der Waals surface area (Å²) >= 11 is 0. The van der Waals surface area contributed by atoms with Crippen molar-refractivity contribution in [2.75, 3.05) is 0 Å². The topological polar surface area (TPSA) is 52.1 Å². The molecule has 0 heterocycles. The van der Waals surface area contributed by atoms with Crippen LogP contribution in [0.4, 0.5) is 0 Å². The minimum atomic E-state index is 0. The van der Waals surface area contributed by atoms with Crippen LogP contribution in [0.1, 0.15) is 25.7 Å². The first-order chi connectivity index (χ1) is 3.86. The third kappa shape index (κ3) is 0.874. The highest BCUT2D eigenvalue weighted by atomic mass is 16.1. The molecule has 2 saturated carbocycles. The van der Waals surface area contributed by atoms with E-state index in [1.165, 1.54) is 19.3 Å². The summed E-state index contributed by atoms with van der Waals surface area (Å²) in [5.41, 5.74) is 0. The van der Waals surface area contributed by atoms with Gasteiger partial charge in [0, 0.05) is 12.3 Å². The van der Waals surface area contributed by atoms with E-state index >= 15 is 0 Å². The monoisotopic (exact) mass is 127 g/mol. The van der Waals surface area contributed by atoms with Crippen LogP contribution >= 0.6 is 0 Å². The van der Waals surface area contributed by atoms with Crippen LogP contribution < -0.4 is 6.15 Å². The number of hydrogen-bond acceptors (Lipinski definition) is 2. The van der Waals surface area contributed by atoms with Gasteiger partial charge in [0.25, 0.3) is 0 Å². The zero-order chi connectivity index (χ0) is 5.56. The Kier molecular flexibility index (Phi) is 1.58. The number of carbonyl (C=O) groups is 1. The molecule has 0 aromatic rings. The predicted octanol–water partition coefficient (Wildman–Crippen LogP) is 1.54. The molecule has 2 heteroatoms. The second-order valence-corrected chi connectivity index (χ2v) is 3.05. The molecule has 0 radical (unpaired) electrons. The molecule has 0 aromatic heterocycles. The molecule has 0 aliphatic heterocycles. The molecule has 2 atom stereocenters. The average Bonchev–Trinajstić information content (AvgIpc) is 2.23. The third-order valence-electron chi connectivity index (χ3n) is 2.49. The van der Waals surface area contributed by atoms with Crippen LogP contribution in [-0.2, 0) is 4.79 Å². The van der Waals surface area contributed by atoms with Crippen LogP contribution in [0.5, 0.6) is 0 Å². The van der Waals surface area contributed by atoms with Gasteiger partial charge in [0.2, 0.25) is 0 Å². The Hall–Kier alpha value is -0.370. The lowest BCUT2D eigenvalue weighted by molar-refractivity contribution is -0.121. The molecule has 2 fully saturated rings. The summed E-state index contributed by atoms with van der Waals surface area (Å²) in [6, 6.07) is 0. The van der Waals surface area contributed by atoms with E-state index in [9.17, 15) is 4.79 Å². The van der Waals surface area contributed by atoms with E-state index < -0.39 is 0 Å². The Labute approximate surface area is 55.2 Å². The van der Waals surface area contributed by atoms with Gasteiger partial charge in [0.15, 0.2) is 0 Å². The number of fused-ring (bicyclic) bond motifs is 2. The SMILES string of the molecule is N.O=C1CC2CCC1C2. The van der Waals surface area contributed by atoms with Gasteiger partial charge >= 0.3 is 0 Å². The summed E-state index contributed by atoms with van der Waals surface area (Å²) in [5.74, 6) is 1.84. The van der Waals surface area contributed by atoms with Gasteiger partial charge in [-0.25, -0.2) is 0 Å². The van der Waals surface area contributed by atoms with Crippen LogP contribution in [0.3, 0.4) is 0 Å². The zero-order valence-corrected chi connectivity index (χ0v) is 5.60. The quantitative estimate of drug-likeness (QED) is 0.536. The van der Waals surface area contributed by atoms with E-state index in [1.54, 1.807) is 0 Å². The molecule has 2 nitrogen and oxygen atoms in total. The van der Waals surface area contributed by atoms with E-state index in [0.717, 1.165) is 12.3 Å². The van der Waals surface area contributed by atoms with E-state index in [-0.39, 0.29) is 6.15 Å². The molecule has 2 bridgehead atoms. The summed E-state index contributed by atoms with van der Waals surface area (Å²) in [6.45, 7) is 0. The molecule has 2 unspecified atom stereocenters. The number of Topliss-reactive ketones (excluding diaryl/α,β-unsaturated/α-hetero) is 1. The maximum absolute atomic E-state index is 10.8. The van der Waals surface area contributed by atoms with Crippen molar-refractivity contribution >= 4 is 5.78 Å². The molecule has 2 rings (SSSR count). The van der Waals surface area contributed by atoms with E-state index in [4.69, 9.17) is 0 Å². The second kappa shape index (κ2) is 2.10. The fourth-order valence-electron chi connectivity index (χ4n) is 2.00. The molecular weight excluding hydrogens is 114 g/mol. The van der Waals surface area contributed by atoms with Crippen molar-refractivity contribution in [3.05, 3.63) is 0 Å². The smallest absolute Gasteiger partial charge is 0.136 e. The summed E-state index contributed by atoms with van der Waals surface area (Å²) in [4.78, 5) is 10.8. The molecule has 0 saturated heterocycles. The molecular formula is C7H13NO. The summed E-state index contributed by atoms with van der Waals surface area (Å²) in [5, 5.41) is 0. The lowest BCUT2D eigenvalue weighted by Crippen LogP contribution is -2.07. The third-order valence-corrected chi connectivity index (χ3v) is 2.49. The number of rotatable bonds is 0. The van der Waals surface area contributed by atoms with Gasteiger partial charge in [-0.2, -0.15) is 0 Å². The van der Waals surface area contributed by atoms with Gasteiger partial charge in [-0.3, -0.25) is 4.79 Å². The minimum Gasteiger partial charge on any atom is -0.344 e. The van der Waals surface area contributed by atoms with Crippen LogP contribution in [0, 0.1) is 11.8 Å². The number of hydrogen-bond donors (Lipinski definition) is 1. The Balaban J connectivity index is 0.000000405. The second-order valence-electron chi connectivity index (χ2n) is 3.05. The summed E-state index contributed by atoms with van der Waals surface area (Å²) in [6.07, 6.45) is 4.66. The lowest BCUT2D eigenvalue weighted by atomic mass is 10.00. The van der Waals surface area contributed by atoms with Gasteiger partial charge in [-0.1, -0.05) is 0 Å². The first-order valence-electron chi connectivity index (χ1n) is 3.39. The maximum Gasteiger partial charge on any atom is 0.136 e. The highest BCUT2D eigenvalue weighted by molar-refractivity contribution is 5.84. The molecule has 9 heavy (non-hydrogen) atoms. The molecule has 3 N–H and O–H groups in total. The standard InChI is InChI=1S/C7H10O.H3N/c8-7-4-5-1-2-6(7)3-5;/h5-6H,1-4H2;1H3. The van der Waals surface area contributed by atoms with Gasteiger partial charge in [0.1, 0.15) is 5.78 Å². The van der Waals surface area contributed by atoms with Gasteiger partial charge in [-0.05, 0) is 25.2 Å². The normalized spacial score (nSPS) is 38.9. The van der Waals surface area contributed by atoms with Crippen LogP contribution in [0.15, 0.2) is 0 Å². The Morgan fingerprint density at radius 2 is 2.11 bits per heavy atom. The van der Waals surface area contributed by atoms with E-state index in [1.807, 2.05) is 0 Å². The highest BCUT2D eigenvalue weighted by Gasteiger charge is 2.37. The van der Waals surface area contributed by atoms with E-state index in [2.05, 4.69) is 0 Å². The van der Waals surface area contributed by atoms with Crippen molar-refractivity contribution in [3.8, 4) is 0 Å². The Bertz CT molecular complexity index is 133. The van der Waals surface area contributed by atoms with Crippen molar-refractivity contribution in [1.29, 1.82) is 0 Å². The Morgan fingerprint density at radius 3 is 2.33 bits per heavy atom. The molecule has 0 amide bonds. The maximum atomic E-state index is 10.8. The largest absolute Gasteiger partial charge is 0.344 e. The van der Waals surface area contributed by atoms with E-state index in [0.29, 0.717) is 11.7 Å². The zero-order valence-electron chi connectivity index (χ0n) is 5.60. The molecule has 52 valence electrons. The predicted molar refractivity (Wildman–Crippen MR) is 35.5 cm³/mol. The lowest BCUT2D eigenvalue weighted by Gasteiger charge is -2.04. The fourth-order valence-corrected chi connectivity index (χ4v) is 2.00. The molecule has 0 aromatic carbocycles. The van der Waals surface area contributed by atoms with Crippen molar-refractivity contribution < 1.29 is 4.79 Å². The highest BCUT2D eigenvalue weighted by Crippen LogP contribution is 2.41. The van der Waals surface area contributed by atoms with Crippen molar-refractivity contribution in [1.82, 2.24) is 6.15 Å². The first kappa shape index (κ1) is 6.75. The van der Waals surface area contributed by atoms with Gasteiger partial charge < -0.3 is 6.15 Å². The van der Waals surface area contributed by atoms with Crippen molar-refractivity contribution in [3.63, 3.8) is 0 Å². The van der Waals surface area contributed by atoms with Crippen molar-refractivity contribution in [2.24, 2.45) is 11.8 Å². The van der Waals surface area contributed by atoms with Gasteiger partial charge in [0.05, 0.1) is 0 Å². The van der Waals surface area contributed by atoms with Crippen LogP contribution in [0.25, 0.3) is 0 Å². The number of carbonyl (C=O) groups excluding carboxylic acids is 1. The summed E-state index contributed by atoms with van der Waals surface area (Å²) in [7, 11) is 0. The Morgan fingerprint density at radius 1 is 1.33 bits per heavy atom. The van der Waals surface area contributed by atoms with Gasteiger partial charge in [-0.15, -0.1) is 0 Å². The number of ketones is 1. The fraction of sp³-hybridized carbons (Fsp3) is 0.857. The average molecular weight is 127 g/mol. The summed E-state index contributed by atoms with van der Waals surface area (Å²) < 4.78 is 0. The van der Waals surface area contributed by atoms with Crippen molar-refractivity contribution in [2.45, 2.75) is 25.7 Å². The van der Waals surface area contributed by atoms with Crippen LogP contribution in [0.2, 0.25) is 0 Å². The minimum absolute atomic E-state index is 0.